The molecule has 2 rings (SSSR count). The third-order valence-electron chi connectivity index (χ3n) is 4.81. The van der Waals surface area contributed by atoms with Gasteiger partial charge in [0.25, 0.3) is 0 Å². The normalized spacial score (nSPS) is 16.8. The van der Waals surface area contributed by atoms with Crippen molar-refractivity contribution in [3.8, 4) is 0 Å². The fourth-order valence-corrected chi connectivity index (χ4v) is 3.33. The summed E-state index contributed by atoms with van der Waals surface area (Å²) in [4.78, 5) is 36.8. The molecule has 1 aromatic carbocycles. The molecule has 7 heteroatoms. The van der Waals surface area contributed by atoms with Crippen LogP contribution in [-0.2, 0) is 14.3 Å². The van der Waals surface area contributed by atoms with Gasteiger partial charge in [-0.3, -0.25) is 4.79 Å². The van der Waals surface area contributed by atoms with Gasteiger partial charge in [-0.1, -0.05) is 25.0 Å². The number of hydrogen-bond acceptors (Lipinski definition) is 5. The highest BCUT2D eigenvalue weighted by Crippen LogP contribution is 2.31. The average molecular weight is 390 g/mol. The van der Waals surface area contributed by atoms with Crippen molar-refractivity contribution >= 4 is 18.0 Å². The van der Waals surface area contributed by atoms with Gasteiger partial charge in [-0.2, -0.15) is 0 Å². The molecular weight excluding hydrogens is 360 g/mol. The highest BCUT2D eigenvalue weighted by molar-refractivity contribution is 5.91. The molecule has 1 atom stereocenters. The summed E-state index contributed by atoms with van der Waals surface area (Å²) in [5.74, 6) is -0.630. The van der Waals surface area contributed by atoms with E-state index in [9.17, 15) is 14.4 Å². The molecule has 0 spiro atoms. The maximum atomic E-state index is 13.0. The Morgan fingerprint density at radius 2 is 1.64 bits per heavy atom. The first-order chi connectivity index (χ1) is 13.1. The number of rotatable bonds is 5. The Hall–Kier alpha value is -2.57. The van der Waals surface area contributed by atoms with Gasteiger partial charge in [0, 0.05) is 0 Å². The standard InChI is InChI=1S/C21H30N2O5/c1-14(15-8-10-16(11-9-15)17(24)27-5)22-18(25)21(12-6-7-13-21)23-19(26)28-20(2,3)4/h8-11,14H,6-7,12-13H2,1-5H3,(H,22,25)(H,23,26). The lowest BCUT2D eigenvalue weighted by atomic mass is 9.95. The zero-order valence-corrected chi connectivity index (χ0v) is 17.3. The fourth-order valence-electron chi connectivity index (χ4n) is 3.33. The third kappa shape index (κ3) is 5.47. The van der Waals surface area contributed by atoms with E-state index in [2.05, 4.69) is 10.6 Å². The maximum absolute atomic E-state index is 13.0. The van der Waals surface area contributed by atoms with Gasteiger partial charge in [-0.25, -0.2) is 9.59 Å². The molecule has 1 aromatic rings. The van der Waals surface area contributed by atoms with E-state index >= 15 is 0 Å². The number of esters is 1. The molecule has 28 heavy (non-hydrogen) atoms. The van der Waals surface area contributed by atoms with Crippen LogP contribution in [0.5, 0.6) is 0 Å². The summed E-state index contributed by atoms with van der Waals surface area (Å²) in [6.07, 6.45) is 2.30. The first kappa shape index (κ1) is 21.7. The monoisotopic (exact) mass is 390 g/mol. The summed E-state index contributed by atoms with van der Waals surface area (Å²) in [6, 6.07) is 6.60. The van der Waals surface area contributed by atoms with E-state index in [1.54, 1.807) is 45.0 Å². The Kier molecular flexibility index (Phi) is 6.69. The van der Waals surface area contributed by atoms with Crippen LogP contribution >= 0.6 is 0 Å². The van der Waals surface area contributed by atoms with Crippen LogP contribution in [-0.4, -0.2) is 36.2 Å². The molecule has 1 aliphatic rings. The van der Waals surface area contributed by atoms with E-state index in [0.717, 1.165) is 18.4 Å². The largest absolute Gasteiger partial charge is 0.465 e. The molecule has 1 aliphatic carbocycles. The van der Waals surface area contributed by atoms with Gasteiger partial charge in [0.15, 0.2) is 0 Å². The van der Waals surface area contributed by atoms with Gasteiger partial charge in [0.05, 0.1) is 18.7 Å². The zero-order valence-electron chi connectivity index (χ0n) is 17.3. The Balaban J connectivity index is 2.07. The number of amides is 2. The number of benzene rings is 1. The maximum Gasteiger partial charge on any atom is 0.408 e. The second-order valence-electron chi connectivity index (χ2n) is 8.22. The van der Waals surface area contributed by atoms with Crippen LogP contribution in [0.3, 0.4) is 0 Å². The van der Waals surface area contributed by atoms with Crippen LogP contribution in [0.2, 0.25) is 0 Å². The van der Waals surface area contributed by atoms with E-state index in [-0.39, 0.29) is 11.9 Å². The quantitative estimate of drug-likeness (QED) is 0.751. The highest BCUT2D eigenvalue weighted by Gasteiger charge is 2.43. The predicted octanol–water partition coefficient (Wildman–Crippen LogP) is 3.49. The molecule has 0 aliphatic heterocycles. The summed E-state index contributed by atoms with van der Waals surface area (Å²) < 4.78 is 10.0. The Morgan fingerprint density at radius 1 is 1.07 bits per heavy atom. The van der Waals surface area contributed by atoms with Crippen LogP contribution in [0.4, 0.5) is 4.79 Å². The second-order valence-corrected chi connectivity index (χ2v) is 8.22. The summed E-state index contributed by atoms with van der Waals surface area (Å²) in [7, 11) is 1.33. The first-order valence-electron chi connectivity index (χ1n) is 9.57. The van der Waals surface area contributed by atoms with Crippen LogP contribution in [0.25, 0.3) is 0 Å². The number of carbonyl (C=O) groups is 3. The number of methoxy groups -OCH3 is 1. The first-order valence-corrected chi connectivity index (χ1v) is 9.57. The lowest BCUT2D eigenvalue weighted by molar-refractivity contribution is -0.128. The summed E-state index contributed by atoms with van der Waals surface area (Å²) in [5, 5.41) is 5.79. The van der Waals surface area contributed by atoms with Crippen molar-refractivity contribution in [2.24, 2.45) is 0 Å². The molecule has 1 saturated carbocycles. The molecule has 154 valence electrons. The van der Waals surface area contributed by atoms with Crippen molar-refractivity contribution in [3.63, 3.8) is 0 Å². The summed E-state index contributed by atoms with van der Waals surface area (Å²) in [5.41, 5.74) is -0.285. The minimum Gasteiger partial charge on any atom is -0.465 e. The molecule has 0 radical (unpaired) electrons. The van der Waals surface area contributed by atoms with Crippen LogP contribution in [0, 0.1) is 0 Å². The highest BCUT2D eigenvalue weighted by atomic mass is 16.6. The van der Waals surface area contributed by atoms with Gasteiger partial charge in [0.2, 0.25) is 5.91 Å². The topological polar surface area (TPSA) is 93.7 Å². The van der Waals surface area contributed by atoms with Crippen molar-refractivity contribution in [1.29, 1.82) is 0 Å². The van der Waals surface area contributed by atoms with Gasteiger partial charge >= 0.3 is 12.1 Å². The average Bonchev–Trinajstić information content (AvgIpc) is 3.09. The number of hydrogen-bond donors (Lipinski definition) is 2. The van der Waals surface area contributed by atoms with Crippen LogP contribution in [0.1, 0.15) is 75.3 Å². The molecule has 1 unspecified atom stereocenters. The molecule has 2 amide bonds. The molecule has 0 saturated heterocycles. The molecule has 7 nitrogen and oxygen atoms in total. The van der Waals surface area contributed by atoms with Crippen molar-refractivity contribution in [3.05, 3.63) is 35.4 Å². The minimum atomic E-state index is -0.956. The van der Waals surface area contributed by atoms with Crippen molar-refractivity contribution in [2.75, 3.05) is 7.11 Å². The van der Waals surface area contributed by atoms with Gasteiger partial charge in [-0.05, 0) is 58.2 Å². The lowest BCUT2D eigenvalue weighted by Gasteiger charge is -2.31. The number of nitrogens with one attached hydrogen (secondary N) is 2. The van der Waals surface area contributed by atoms with E-state index in [0.29, 0.717) is 18.4 Å². The van der Waals surface area contributed by atoms with Crippen molar-refractivity contribution in [1.82, 2.24) is 10.6 Å². The number of alkyl carbamates (subject to hydrolysis) is 1. The molecule has 2 N–H and O–H groups in total. The van der Waals surface area contributed by atoms with Gasteiger partial charge in [0.1, 0.15) is 11.1 Å². The van der Waals surface area contributed by atoms with Crippen molar-refractivity contribution in [2.45, 2.75) is 70.6 Å². The van der Waals surface area contributed by atoms with Gasteiger partial charge in [-0.15, -0.1) is 0 Å². The van der Waals surface area contributed by atoms with E-state index in [1.165, 1.54) is 7.11 Å². The van der Waals surface area contributed by atoms with E-state index < -0.39 is 23.2 Å². The van der Waals surface area contributed by atoms with Gasteiger partial charge < -0.3 is 20.1 Å². The van der Waals surface area contributed by atoms with Crippen LogP contribution in [0.15, 0.2) is 24.3 Å². The lowest BCUT2D eigenvalue weighted by Crippen LogP contribution is -2.58. The SMILES string of the molecule is COC(=O)c1ccc(C(C)NC(=O)C2(NC(=O)OC(C)(C)C)CCCC2)cc1. The summed E-state index contributed by atoms with van der Waals surface area (Å²) in [6.45, 7) is 7.22. The molecule has 1 fully saturated rings. The Morgan fingerprint density at radius 3 is 2.14 bits per heavy atom. The smallest absolute Gasteiger partial charge is 0.408 e. The molecular formula is C21H30N2O5. The Labute approximate surface area is 166 Å². The number of ether oxygens (including phenoxy) is 2. The minimum absolute atomic E-state index is 0.222. The zero-order chi connectivity index (χ0) is 20.9. The molecule has 0 bridgehead atoms. The van der Waals surface area contributed by atoms with E-state index in [1.807, 2.05) is 6.92 Å². The fraction of sp³-hybridized carbons (Fsp3) is 0.571. The molecule has 0 aromatic heterocycles. The molecule has 0 heterocycles. The summed E-state index contributed by atoms with van der Waals surface area (Å²) >= 11 is 0. The predicted molar refractivity (Wildman–Crippen MR) is 105 cm³/mol. The second kappa shape index (κ2) is 8.63. The van der Waals surface area contributed by atoms with E-state index in [4.69, 9.17) is 9.47 Å². The van der Waals surface area contributed by atoms with Crippen molar-refractivity contribution < 1.29 is 23.9 Å². The third-order valence-corrected chi connectivity index (χ3v) is 4.81. The van der Waals surface area contributed by atoms with Crippen LogP contribution < -0.4 is 10.6 Å². The number of carbonyl (C=O) groups excluding carboxylic acids is 3. The Bertz CT molecular complexity index is 715.